The van der Waals surface area contributed by atoms with E-state index in [1.807, 2.05) is 37.7 Å². The first-order valence-electron chi connectivity index (χ1n) is 13.6. The van der Waals surface area contributed by atoms with Crippen LogP contribution in [0.2, 0.25) is 0 Å². The summed E-state index contributed by atoms with van der Waals surface area (Å²) in [5.74, 6) is -0.435. The Bertz CT molecular complexity index is 1770. The lowest BCUT2D eigenvalue weighted by molar-refractivity contribution is -0.137. The molecule has 1 aliphatic heterocycles. The molecule has 43 heavy (non-hydrogen) atoms. The molecule has 0 radical (unpaired) electrons. The van der Waals surface area contributed by atoms with Crippen molar-refractivity contribution < 1.29 is 31.1 Å². The molecule has 228 valence electrons. The standard InChI is InChI=1S/C29H31F3N6O4S/c1-17(2)26-25-22(18-8-9-24(33-16-18)37(3)20-10-12-42-13-11-20)15-23(28(39)36-43(4,40)41)34-27(25)38(35-26)21-7-5-6-19(14-21)29(30,31)32/h5-9,14-17,20H,10-13H2,1-4H3,(H,36,39). The number of benzene rings is 1. The summed E-state index contributed by atoms with van der Waals surface area (Å²) in [6.07, 6.45) is -0.369. The van der Waals surface area contributed by atoms with Gasteiger partial charge in [0.05, 0.1) is 28.6 Å². The molecule has 0 spiro atoms. The van der Waals surface area contributed by atoms with Gasteiger partial charge in [0.2, 0.25) is 10.0 Å². The fourth-order valence-electron chi connectivity index (χ4n) is 5.12. The third-order valence-corrected chi connectivity index (χ3v) is 7.86. The van der Waals surface area contributed by atoms with Gasteiger partial charge in [0.15, 0.2) is 5.65 Å². The molecule has 3 aromatic heterocycles. The Labute approximate surface area is 246 Å². The number of hydrogen-bond donors (Lipinski definition) is 1. The molecule has 5 rings (SSSR count). The molecule has 0 bridgehead atoms. The monoisotopic (exact) mass is 616 g/mol. The number of rotatable bonds is 7. The van der Waals surface area contributed by atoms with E-state index in [0.29, 0.717) is 35.4 Å². The number of anilines is 1. The summed E-state index contributed by atoms with van der Waals surface area (Å²) in [5, 5.41) is 5.16. The Kier molecular flexibility index (Phi) is 8.18. The minimum Gasteiger partial charge on any atom is -0.381 e. The molecule has 0 unspecified atom stereocenters. The third-order valence-electron chi connectivity index (χ3n) is 7.30. The molecular weight excluding hydrogens is 585 g/mol. The molecule has 1 aliphatic rings. The van der Waals surface area contributed by atoms with Crippen LogP contribution in [-0.2, 0) is 20.9 Å². The summed E-state index contributed by atoms with van der Waals surface area (Å²) in [4.78, 5) is 24.2. The van der Waals surface area contributed by atoms with E-state index in [2.05, 4.69) is 20.0 Å². The zero-order valence-electron chi connectivity index (χ0n) is 24.0. The third kappa shape index (κ3) is 6.49. The number of halogens is 3. The van der Waals surface area contributed by atoms with Crippen molar-refractivity contribution in [3.63, 3.8) is 0 Å². The quantitative estimate of drug-likeness (QED) is 0.311. The van der Waals surface area contributed by atoms with Gasteiger partial charge in [-0.1, -0.05) is 19.9 Å². The molecule has 0 saturated carbocycles. The number of carbonyl (C=O) groups is 1. The van der Waals surface area contributed by atoms with Gasteiger partial charge < -0.3 is 9.64 Å². The van der Waals surface area contributed by atoms with E-state index >= 15 is 0 Å². The molecule has 4 aromatic rings. The molecule has 0 aliphatic carbocycles. The fourth-order valence-corrected chi connectivity index (χ4v) is 5.56. The number of fused-ring (bicyclic) bond motifs is 1. The van der Waals surface area contributed by atoms with Crippen molar-refractivity contribution in [2.24, 2.45) is 0 Å². The molecule has 10 nitrogen and oxygen atoms in total. The first kappa shape index (κ1) is 30.4. The van der Waals surface area contributed by atoms with Crippen LogP contribution in [0.25, 0.3) is 27.8 Å². The van der Waals surface area contributed by atoms with Gasteiger partial charge in [-0.05, 0) is 60.7 Å². The maximum Gasteiger partial charge on any atom is 0.416 e. The number of aromatic nitrogens is 4. The lowest BCUT2D eigenvalue weighted by Gasteiger charge is -2.32. The predicted octanol–water partition coefficient (Wildman–Crippen LogP) is 4.93. The molecule has 4 heterocycles. The Morgan fingerprint density at radius 2 is 1.86 bits per heavy atom. The van der Waals surface area contributed by atoms with Crippen LogP contribution in [0.4, 0.5) is 19.0 Å². The summed E-state index contributed by atoms with van der Waals surface area (Å²) in [5.41, 5.74) is 0.668. The van der Waals surface area contributed by atoms with Gasteiger partial charge in [-0.3, -0.25) is 4.79 Å². The highest BCUT2D eigenvalue weighted by Crippen LogP contribution is 2.37. The van der Waals surface area contributed by atoms with Gasteiger partial charge in [-0.2, -0.15) is 18.3 Å². The molecule has 14 heteroatoms. The highest BCUT2D eigenvalue weighted by molar-refractivity contribution is 7.89. The predicted molar refractivity (Wildman–Crippen MR) is 156 cm³/mol. The molecule has 1 aromatic carbocycles. The maximum atomic E-state index is 13.6. The van der Waals surface area contributed by atoms with Crippen molar-refractivity contribution in [2.75, 3.05) is 31.4 Å². The second-order valence-electron chi connectivity index (χ2n) is 10.8. The van der Waals surface area contributed by atoms with E-state index < -0.39 is 27.7 Å². The lowest BCUT2D eigenvalue weighted by atomic mass is 9.98. The highest BCUT2D eigenvalue weighted by Gasteiger charge is 2.31. The van der Waals surface area contributed by atoms with Crippen molar-refractivity contribution >= 4 is 32.8 Å². The molecule has 1 saturated heterocycles. The topological polar surface area (TPSA) is 119 Å². The van der Waals surface area contributed by atoms with Crippen LogP contribution in [0, 0.1) is 0 Å². The first-order chi connectivity index (χ1) is 20.2. The van der Waals surface area contributed by atoms with Gasteiger partial charge in [-0.25, -0.2) is 27.8 Å². The van der Waals surface area contributed by atoms with Crippen LogP contribution >= 0.6 is 0 Å². The number of amides is 1. The first-order valence-corrected chi connectivity index (χ1v) is 15.5. The van der Waals surface area contributed by atoms with Crippen LogP contribution < -0.4 is 9.62 Å². The highest BCUT2D eigenvalue weighted by atomic mass is 32.2. The van der Waals surface area contributed by atoms with Crippen LogP contribution in [-0.4, -0.2) is 66.6 Å². The van der Waals surface area contributed by atoms with Crippen molar-refractivity contribution in [1.29, 1.82) is 0 Å². The van der Waals surface area contributed by atoms with E-state index in [1.54, 1.807) is 6.20 Å². The van der Waals surface area contributed by atoms with Gasteiger partial charge in [0.25, 0.3) is 5.91 Å². The second-order valence-corrected chi connectivity index (χ2v) is 12.6. The number of alkyl halides is 3. The van der Waals surface area contributed by atoms with Gasteiger partial charge >= 0.3 is 6.18 Å². The number of hydrogen-bond acceptors (Lipinski definition) is 8. The Hall–Kier alpha value is -4.04. The van der Waals surface area contributed by atoms with E-state index in [0.717, 1.165) is 37.0 Å². The molecule has 1 amide bonds. The van der Waals surface area contributed by atoms with Crippen LogP contribution in [0.3, 0.4) is 0 Å². The smallest absolute Gasteiger partial charge is 0.381 e. The Morgan fingerprint density at radius 1 is 1.14 bits per heavy atom. The average Bonchev–Trinajstić information content (AvgIpc) is 3.36. The average molecular weight is 617 g/mol. The number of carbonyl (C=O) groups excluding carboxylic acids is 1. The summed E-state index contributed by atoms with van der Waals surface area (Å²) in [7, 11) is -1.97. The number of nitrogens with zero attached hydrogens (tertiary/aromatic N) is 5. The Balaban J connectivity index is 1.71. The second kappa shape index (κ2) is 11.6. The van der Waals surface area contributed by atoms with E-state index in [1.165, 1.54) is 22.9 Å². The Morgan fingerprint density at radius 3 is 2.47 bits per heavy atom. The number of sulfonamides is 1. The number of ether oxygens (including phenoxy) is 1. The maximum absolute atomic E-state index is 13.6. The molecule has 1 fully saturated rings. The summed E-state index contributed by atoms with van der Waals surface area (Å²) < 4.78 is 73.1. The molecule has 1 N–H and O–H groups in total. The number of nitrogens with one attached hydrogen (secondary N) is 1. The van der Waals surface area contributed by atoms with Gasteiger partial charge in [0, 0.05) is 38.1 Å². The fraction of sp³-hybridized carbons (Fsp3) is 0.379. The number of pyridine rings is 2. The van der Waals surface area contributed by atoms with E-state index in [9.17, 15) is 26.4 Å². The molecule has 0 atom stereocenters. The van der Waals surface area contributed by atoms with Gasteiger partial charge in [0.1, 0.15) is 11.5 Å². The minimum absolute atomic E-state index is 0.0809. The largest absolute Gasteiger partial charge is 0.416 e. The summed E-state index contributed by atoms with van der Waals surface area (Å²) >= 11 is 0. The van der Waals surface area contributed by atoms with Crippen LogP contribution in [0.5, 0.6) is 0 Å². The summed E-state index contributed by atoms with van der Waals surface area (Å²) in [6, 6.07) is 10.0. The van der Waals surface area contributed by atoms with Crippen molar-refractivity contribution in [3.8, 4) is 16.8 Å². The zero-order valence-corrected chi connectivity index (χ0v) is 24.8. The van der Waals surface area contributed by atoms with E-state index in [-0.39, 0.29) is 29.0 Å². The lowest BCUT2D eigenvalue weighted by Crippen LogP contribution is -2.37. The van der Waals surface area contributed by atoms with Crippen molar-refractivity contribution in [3.05, 3.63) is 65.6 Å². The van der Waals surface area contributed by atoms with Gasteiger partial charge in [-0.15, -0.1) is 0 Å². The van der Waals surface area contributed by atoms with Crippen molar-refractivity contribution in [1.82, 2.24) is 24.5 Å². The zero-order chi connectivity index (χ0) is 31.1. The van der Waals surface area contributed by atoms with Crippen LogP contribution in [0.15, 0.2) is 48.7 Å². The van der Waals surface area contributed by atoms with Crippen LogP contribution in [0.1, 0.15) is 54.4 Å². The molecular formula is C29H31F3N6O4S. The summed E-state index contributed by atoms with van der Waals surface area (Å²) in [6.45, 7) is 5.12. The van der Waals surface area contributed by atoms with E-state index in [4.69, 9.17) is 4.74 Å². The minimum atomic E-state index is -4.59. The SMILES string of the molecule is CC(C)c1nn(-c2cccc(C(F)(F)F)c2)c2nc(C(=O)NS(C)(=O)=O)cc(-c3ccc(N(C)C4CCOCC4)nc3)c12. The normalized spacial score (nSPS) is 14.8. The van der Waals surface area contributed by atoms with Crippen molar-refractivity contribution in [2.45, 2.75) is 44.8 Å².